The summed E-state index contributed by atoms with van der Waals surface area (Å²) in [6.45, 7) is 4.65. The number of alkyl carbamates (subject to hydrolysis) is 1. The number of benzene rings is 1. The van der Waals surface area contributed by atoms with E-state index >= 15 is 0 Å². The van der Waals surface area contributed by atoms with Crippen molar-refractivity contribution in [2.24, 2.45) is 11.1 Å². The molecule has 0 saturated carbocycles. The van der Waals surface area contributed by atoms with Crippen molar-refractivity contribution < 1.29 is 40.7 Å². The number of alkyl halides is 3. The van der Waals surface area contributed by atoms with Crippen LogP contribution in [0.2, 0.25) is 0 Å². The van der Waals surface area contributed by atoms with Crippen LogP contribution in [0, 0.1) is 5.92 Å². The molecular weight excluding hydrogens is 633 g/mol. The van der Waals surface area contributed by atoms with Gasteiger partial charge in [0.2, 0.25) is 21.9 Å². The maximum Gasteiger partial charge on any atom is 0.407 e. The number of nitrogens with zero attached hydrogens (tertiary/aromatic N) is 4. The van der Waals surface area contributed by atoms with Crippen molar-refractivity contribution in [1.82, 2.24) is 25.2 Å². The fraction of sp³-hybridized carbons (Fsp3) is 0.464. The highest BCUT2D eigenvalue weighted by Crippen LogP contribution is 2.31. The average molecular weight is 669 g/mol. The predicted molar refractivity (Wildman–Crippen MR) is 163 cm³/mol. The maximum absolute atomic E-state index is 13.2. The van der Waals surface area contributed by atoms with Gasteiger partial charge in [0.25, 0.3) is 0 Å². The van der Waals surface area contributed by atoms with Gasteiger partial charge in [-0.3, -0.25) is 4.79 Å². The minimum Gasteiger partial charge on any atom is -0.492 e. The number of halogens is 3. The third-order valence-corrected chi connectivity index (χ3v) is 8.00. The first-order valence-corrected chi connectivity index (χ1v) is 15.8. The van der Waals surface area contributed by atoms with Gasteiger partial charge < -0.3 is 30.3 Å². The molecule has 1 aromatic carbocycles. The number of rotatable bonds is 11. The molecule has 3 heterocycles. The van der Waals surface area contributed by atoms with Crippen LogP contribution in [0.5, 0.6) is 5.75 Å². The Hall–Kier alpha value is -4.45. The summed E-state index contributed by atoms with van der Waals surface area (Å²) in [6.07, 6.45) is -4.81. The van der Waals surface area contributed by atoms with E-state index in [1.807, 2.05) is 0 Å². The van der Waals surface area contributed by atoms with E-state index < -0.39 is 34.9 Å². The van der Waals surface area contributed by atoms with Gasteiger partial charge in [0.15, 0.2) is 5.82 Å². The first kappa shape index (κ1) is 34.4. The molecule has 1 fully saturated rings. The molecule has 0 radical (unpaired) electrons. The molecule has 1 saturated heterocycles. The Labute approximate surface area is 263 Å². The van der Waals surface area contributed by atoms with Crippen LogP contribution >= 0.6 is 0 Å². The van der Waals surface area contributed by atoms with Gasteiger partial charge in [-0.1, -0.05) is 13.8 Å². The number of fused-ring (bicyclic) bond motifs is 1. The second-order valence-corrected chi connectivity index (χ2v) is 12.4. The Kier molecular flexibility index (Phi) is 10.4. The average Bonchev–Trinajstić information content (AvgIpc) is 3.45. The molecule has 1 aliphatic rings. The molecule has 0 aliphatic carbocycles. The highest BCUT2D eigenvalue weighted by Gasteiger charge is 2.34. The highest BCUT2D eigenvalue weighted by atomic mass is 32.2. The molecule has 250 valence electrons. The number of carbonyl (C=O) groups excluding carboxylic acids is 2. The number of pyridine rings is 1. The molecule has 4 rings (SSSR count). The van der Waals surface area contributed by atoms with Crippen LogP contribution in [0.25, 0.3) is 22.3 Å². The van der Waals surface area contributed by atoms with Crippen LogP contribution in [-0.2, 0) is 19.6 Å². The smallest absolute Gasteiger partial charge is 0.407 e. The number of ether oxygens (including phenoxy) is 2. The van der Waals surface area contributed by atoms with Gasteiger partial charge in [-0.25, -0.2) is 28.3 Å². The molecule has 0 bridgehead atoms. The molecule has 46 heavy (non-hydrogen) atoms. The van der Waals surface area contributed by atoms with Crippen LogP contribution in [0.15, 0.2) is 35.2 Å². The van der Waals surface area contributed by atoms with Gasteiger partial charge in [0.05, 0.1) is 24.9 Å². The van der Waals surface area contributed by atoms with Gasteiger partial charge in [-0.05, 0) is 49.6 Å². The maximum atomic E-state index is 13.2. The quantitative estimate of drug-likeness (QED) is 0.235. The van der Waals surface area contributed by atoms with Gasteiger partial charge in [0, 0.05) is 24.7 Å². The van der Waals surface area contributed by atoms with E-state index in [2.05, 4.69) is 35.6 Å². The number of aromatic nitrogens is 3. The number of sulfonamides is 1. The first-order valence-electron chi connectivity index (χ1n) is 14.3. The van der Waals surface area contributed by atoms with E-state index in [0.717, 1.165) is 0 Å². The molecule has 2 aromatic heterocycles. The number of likely N-dealkylation sites (tertiary alicyclic amines) is 1. The van der Waals surface area contributed by atoms with Crippen LogP contribution in [0.1, 0.15) is 27.2 Å². The summed E-state index contributed by atoms with van der Waals surface area (Å²) < 4.78 is 74.1. The molecule has 18 heteroatoms. The van der Waals surface area contributed by atoms with Gasteiger partial charge in [-0.2, -0.15) is 18.2 Å². The number of methoxy groups -OCH3 is 1. The third kappa shape index (κ3) is 8.42. The monoisotopic (exact) mass is 668 g/mol. The van der Waals surface area contributed by atoms with E-state index in [-0.39, 0.29) is 70.2 Å². The standard InChI is InChI=1S/C28H35F3N8O6S/c1-5-45-20-9-6-16(12-21(20)46(32,42)43)18-7-8-19-23(35-18)24(33-14-28(29,30)31)38-26(36-19)34-17-10-11-39(13-17)25(40)22(15(2)3)37-27(41)44-4/h6-9,12,15,17,22H,5,10-11,13-14H2,1-4H3,(H,37,41)(H2,32,42,43)(H2,33,34,36,38)/t17-,22+/m0/s1. The summed E-state index contributed by atoms with van der Waals surface area (Å²) >= 11 is 0. The predicted octanol–water partition coefficient (Wildman–Crippen LogP) is 3.11. The van der Waals surface area contributed by atoms with Crippen molar-refractivity contribution in [2.45, 2.75) is 50.3 Å². The van der Waals surface area contributed by atoms with Crippen molar-refractivity contribution in [2.75, 3.05) is 44.0 Å². The molecule has 3 aromatic rings. The van der Waals surface area contributed by atoms with Gasteiger partial charge >= 0.3 is 12.3 Å². The summed E-state index contributed by atoms with van der Waals surface area (Å²) in [4.78, 5) is 39.4. The Bertz CT molecular complexity index is 1710. The zero-order valence-corrected chi connectivity index (χ0v) is 26.3. The van der Waals surface area contributed by atoms with Crippen molar-refractivity contribution >= 4 is 44.8 Å². The summed E-state index contributed by atoms with van der Waals surface area (Å²) in [7, 11) is -2.97. The molecule has 1 aliphatic heterocycles. The minimum atomic E-state index is -4.57. The normalized spacial score (nSPS) is 15.9. The second-order valence-electron chi connectivity index (χ2n) is 10.8. The van der Waals surface area contributed by atoms with E-state index in [1.54, 1.807) is 31.7 Å². The topological polar surface area (TPSA) is 191 Å². The van der Waals surface area contributed by atoms with Crippen LogP contribution in [0.4, 0.5) is 29.7 Å². The van der Waals surface area contributed by atoms with Crippen molar-refractivity contribution in [1.29, 1.82) is 0 Å². The lowest BCUT2D eigenvalue weighted by Crippen LogP contribution is -2.51. The number of carbonyl (C=O) groups is 2. The summed E-state index contributed by atoms with van der Waals surface area (Å²) in [5.41, 5.74) is 0.757. The molecule has 2 amide bonds. The van der Waals surface area contributed by atoms with Gasteiger partial charge in [0.1, 0.15) is 28.7 Å². The zero-order chi connectivity index (χ0) is 33.8. The number of hydrogen-bond acceptors (Lipinski definition) is 11. The SMILES string of the molecule is CCOc1ccc(-c2ccc3nc(N[C@H]4CCN(C(=O)[C@H](NC(=O)OC)C(C)C)C4)nc(NCC(F)(F)F)c3n2)cc1S(N)(=O)=O. The first-order chi connectivity index (χ1) is 21.6. The number of nitrogens with one attached hydrogen (secondary N) is 3. The van der Waals surface area contributed by atoms with Crippen molar-refractivity contribution in [3.63, 3.8) is 0 Å². The number of primary sulfonamides is 1. The fourth-order valence-electron chi connectivity index (χ4n) is 4.87. The second kappa shape index (κ2) is 13.9. The largest absolute Gasteiger partial charge is 0.492 e. The Morgan fingerprint density at radius 2 is 1.89 bits per heavy atom. The number of hydrogen-bond donors (Lipinski definition) is 4. The van der Waals surface area contributed by atoms with E-state index in [0.29, 0.717) is 18.5 Å². The third-order valence-electron chi connectivity index (χ3n) is 7.07. The highest BCUT2D eigenvalue weighted by molar-refractivity contribution is 7.89. The van der Waals surface area contributed by atoms with E-state index in [4.69, 9.17) is 9.88 Å². The Morgan fingerprint density at radius 1 is 1.15 bits per heavy atom. The van der Waals surface area contributed by atoms with E-state index in [9.17, 15) is 31.2 Å². The zero-order valence-electron chi connectivity index (χ0n) is 25.5. The number of amides is 2. The molecule has 5 N–H and O–H groups in total. The lowest BCUT2D eigenvalue weighted by molar-refractivity contribution is -0.133. The number of nitrogens with two attached hydrogens (primary N) is 1. The molecule has 2 atom stereocenters. The summed E-state index contributed by atoms with van der Waals surface area (Å²) in [5, 5.41) is 13.3. The Morgan fingerprint density at radius 3 is 2.52 bits per heavy atom. The summed E-state index contributed by atoms with van der Waals surface area (Å²) in [6, 6.07) is 6.14. The fourth-order valence-corrected chi connectivity index (χ4v) is 5.57. The molecule has 0 unspecified atom stereocenters. The lowest BCUT2D eigenvalue weighted by Gasteiger charge is -2.26. The molecule has 0 spiro atoms. The van der Waals surface area contributed by atoms with E-state index in [1.165, 1.54) is 31.4 Å². The minimum absolute atomic E-state index is 0.00947. The van der Waals surface area contributed by atoms with Crippen molar-refractivity contribution in [3.8, 4) is 17.0 Å². The summed E-state index contributed by atoms with van der Waals surface area (Å²) in [5.74, 6) is -0.661. The number of anilines is 2. The molecular formula is C28H35F3N8O6S. The molecule has 14 nitrogen and oxygen atoms in total. The van der Waals surface area contributed by atoms with Crippen LogP contribution < -0.4 is 25.8 Å². The lowest BCUT2D eigenvalue weighted by atomic mass is 10.0. The Balaban J connectivity index is 1.63. The van der Waals surface area contributed by atoms with Crippen molar-refractivity contribution in [3.05, 3.63) is 30.3 Å². The van der Waals surface area contributed by atoms with Crippen LogP contribution in [0.3, 0.4) is 0 Å². The van der Waals surface area contributed by atoms with Crippen LogP contribution in [-0.4, -0.2) is 91.9 Å². The van der Waals surface area contributed by atoms with Gasteiger partial charge in [-0.15, -0.1) is 0 Å².